The van der Waals surface area contributed by atoms with Gasteiger partial charge in [-0.3, -0.25) is 14.5 Å². The Labute approximate surface area is 296 Å². The number of H-pyrrole nitrogens is 1. The van der Waals surface area contributed by atoms with Gasteiger partial charge in [-0.15, -0.1) is 0 Å². The van der Waals surface area contributed by atoms with Crippen molar-refractivity contribution in [1.82, 2.24) is 29.9 Å². The van der Waals surface area contributed by atoms with Crippen molar-refractivity contribution in [1.29, 1.82) is 0 Å². The zero-order chi connectivity index (χ0) is 34.6. The normalized spacial score (nSPS) is 22.2. The van der Waals surface area contributed by atoms with Crippen molar-refractivity contribution in [3.05, 3.63) is 65.4 Å². The molecule has 4 amide bonds. The average Bonchev–Trinajstić information content (AvgIpc) is 3.55. The summed E-state index contributed by atoms with van der Waals surface area (Å²) >= 11 is 0. The maximum Gasteiger partial charge on any atom is 0.318 e. The number of carbonyl (C=O) groups excluding carboxylic acids is 3. The molecule has 4 aliphatic rings. The molecule has 3 fully saturated rings. The van der Waals surface area contributed by atoms with E-state index in [1.165, 1.54) is 5.56 Å². The minimum absolute atomic E-state index is 0.0243. The number of nitrogens with one attached hydrogen (secondary N) is 3. The van der Waals surface area contributed by atoms with Gasteiger partial charge in [-0.2, -0.15) is 0 Å². The Kier molecular flexibility index (Phi) is 10.8. The lowest BCUT2D eigenvalue weighted by Crippen LogP contribution is -2.57. The topological polar surface area (TPSA) is 104 Å². The molecule has 3 saturated heterocycles. The van der Waals surface area contributed by atoms with E-state index in [0.717, 1.165) is 118 Å². The SMILES string of the molecule is Cc1cc(CC(NC(=O)N2CCC(CCC3CCc4ccccc4NC3=O)CC2)C(=O)N2CCC(N3CCN(C)CC3)CC2)cc2cc[nH]c12. The minimum atomic E-state index is -0.617. The van der Waals surface area contributed by atoms with Crippen LogP contribution in [0.25, 0.3) is 10.9 Å². The third-order valence-corrected chi connectivity index (χ3v) is 12.0. The Morgan fingerprint density at radius 3 is 2.40 bits per heavy atom. The molecule has 5 heterocycles. The maximum atomic E-state index is 14.2. The number of benzene rings is 2. The first-order valence-corrected chi connectivity index (χ1v) is 19.0. The van der Waals surface area contributed by atoms with Gasteiger partial charge >= 0.3 is 6.03 Å². The first-order valence-electron chi connectivity index (χ1n) is 19.0. The number of likely N-dealkylation sites (N-methyl/N-ethyl adjacent to an activating group) is 1. The van der Waals surface area contributed by atoms with E-state index in [4.69, 9.17) is 0 Å². The quantitative estimate of drug-likeness (QED) is 0.310. The number of aryl methyl sites for hydroxylation is 2. The van der Waals surface area contributed by atoms with Gasteiger partial charge in [-0.05, 0) is 112 Å². The van der Waals surface area contributed by atoms with Crippen LogP contribution in [0, 0.1) is 18.8 Å². The first kappa shape index (κ1) is 34.6. The van der Waals surface area contributed by atoms with Crippen molar-refractivity contribution in [3.8, 4) is 0 Å². The zero-order valence-corrected chi connectivity index (χ0v) is 30.0. The van der Waals surface area contributed by atoms with Gasteiger partial charge in [0.25, 0.3) is 0 Å². The number of rotatable bonds is 8. The molecule has 2 unspecified atom stereocenters. The zero-order valence-electron chi connectivity index (χ0n) is 30.0. The van der Waals surface area contributed by atoms with Gasteiger partial charge in [0.15, 0.2) is 0 Å². The van der Waals surface area contributed by atoms with Crippen LogP contribution in [-0.4, -0.2) is 114 Å². The van der Waals surface area contributed by atoms with Crippen molar-refractivity contribution in [3.63, 3.8) is 0 Å². The summed E-state index contributed by atoms with van der Waals surface area (Å²) < 4.78 is 0. The molecule has 1 aromatic heterocycles. The highest BCUT2D eigenvalue weighted by atomic mass is 16.2. The van der Waals surface area contributed by atoms with Crippen molar-refractivity contribution in [2.75, 3.05) is 64.7 Å². The second-order valence-electron chi connectivity index (χ2n) is 15.3. The Balaban J connectivity index is 0.945. The van der Waals surface area contributed by atoms with Crippen LogP contribution in [0.3, 0.4) is 0 Å². The standard InChI is InChI=1S/C40H55N7O3/c1-28-25-30(26-33-11-16-41-37(28)33)27-36(39(49)46-19-14-34(15-20-46)45-23-21-44(2)22-24-45)43-40(50)47-17-12-29(13-18-47)7-8-32-10-9-31-5-3-4-6-35(31)42-38(32)48/h3-6,11,16,25-26,29,32,34,36,41H,7-10,12-15,17-24,27H2,1-2H3,(H,42,48)(H,43,50). The molecule has 2 atom stereocenters. The number of aromatic nitrogens is 1. The lowest BCUT2D eigenvalue weighted by Gasteiger charge is -2.42. The van der Waals surface area contributed by atoms with Gasteiger partial charge in [0, 0.05) is 88.1 Å². The number of amides is 4. The predicted octanol–water partition coefficient (Wildman–Crippen LogP) is 5.03. The molecule has 0 saturated carbocycles. The molecule has 0 spiro atoms. The summed E-state index contributed by atoms with van der Waals surface area (Å²) in [5.41, 5.74) is 5.48. The van der Waals surface area contributed by atoms with E-state index in [1.54, 1.807) is 0 Å². The van der Waals surface area contributed by atoms with Crippen LogP contribution in [0.1, 0.15) is 61.6 Å². The highest BCUT2D eigenvalue weighted by Crippen LogP contribution is 2.30. The number of piperidine rings is 2. The highest BCUT2D eigenvalue weighted by molar-refractivity contribution is 5.94. The van der Waals surface area contributed by atoms with E-state index in [-0.39, 0.29) is 23.8 Å². The van der Waals surface area contributed by atoms with Gasteiger partial charge in [0.1, 0.15) is 6.04 Å². The van der Waals surface area contributed by atoms with Crippen LogP contribution < -0.4 is 10.6 Å². The average molecular weight is 682 g/mol. The number of nitrogens with zero attached hydrogens (tertiary/aromatic N) is 4. The molecule has 2 aromatic carbocycles. The molecule has 10 heteroatoms. The molecular weight excluding hydrogens is 626 g/mol. The third-order valence-electron chi connectivity index (χ3n) is 12.0. The molecule has 50 heavy (non-hydrogen) atoms. The smallest absolute Gasteiger partial charge is 0.318 e. The van der Waals surface area contributed by atoms with E-state index in [9.17, 15) is 14.4 Å². The van der Waals surface area contributed by atoms with Crippen LogP contribution in [-0.2, 0) is 22.4 Å². The number of hydrogen-bond donors (Lipinski definition) is 3. The van der Waals surface area contributed by atoms with Crippen molar-refractivity contribution in [2.45, 2.75) is 76.8 Å². The van der Waals surface area contributed by atoms with Gasteiger partial charge in [0.2, 0.25) is 11.8 Å². The van der Waals surface area contributed by atoms with E-state index in [2.05, 4.69) is 63.7 Å². The number of hydrogen-bond acceptors (Lipinski definition) is 5. The van der Waals surface area contributed by atoms with Crippen molar-refractivity contribution in [2.24, 2.45) is 11.8 Å². The molecular formula is C40H55N7O3. The number of likely N-dealkylation sites (tertiary alicyclic amines) is 2. The second kappa shape index (κ2) is 15.6. The van der Waals surface area contributed by atoms with Gasteiger partial charge in [-0.25, -0.2) is 4.79 Å². The molecule has 3 N–H and O–H groups in total. The van der Waals surface area contributed by atoms with Crippen molar-refractivity contribution < 1.29 is 14.4 Å². The molecule has 268 valence electrons. The van der Waals surface area contributed by atoms with E-state index in [0.29, 0.717) is 31.5 Å². The fourth-order valence-corrected chi connectivity index (χ4v) is 8.78. The lowest BCUT2D eigenvalue weighted by molar-refractivity contribution is -0.135. The maximum absolute atomic E-state index is 14.2. The van der Waals surface area contributed by atoms with E-state index >= 15 is 0 Å². The fraction of sp³-hybridized carbons (Fsp3) is 0.575. The number of piperazine rings is 1. The third kappa shape index (κ3) is 8.02. The van der Waals surface area contributed by atoms with Crippen LogP contribution in [0.4, 0.5) is 10.5 Å². The Bertz CT molecular complexity index is 1650. The van der Waals surface area contributed by atoms with Crippen LogP contribution in [0.5, 0.6) is 0 Å². The second-order valence-corrected chi connectivity index (χ2v) is 15.3. The fourth-order valence-electron chi connectivity index (χ4n) is 8.78. The Morgan fingerprint density at radius 2 is 1.62 bits per heavy atom. The molecule has 3 aromatic rings. The van der Waals surface area contributed by atoms with Gasteiger partial charge in [-0.1, -0.05) is 24.3 Å². The summed E-state index contributed by atoms with van der Waals surface area (Å²) in [5.74, 6) is 0.682. The van der Waals surface area contributed by atoms with E-state index in [1.807, 2.05) is 34.2 Å². The van der Waals surface area contributed by atoms with Gasteiger partial charge in [0.05, 0.1) is 0 Å². The van der Waals surface area contributed by atoms with Crippen LogP contribution in [0.15, 0.2) is 48.7 Å². The number of aromatic amines is 1. The van der Waals surface area contributed by atoms with Crippen LogP contribution >= 0.6 is 0 Å². The lowest BCUT2D eigenvalue weighted by atomic mass is 9.87. The van der Waals surface area contributed by atoms with Crippen molar-refractivity contribution >= 4 is 34.4 Å². The number of carbonyl (C=O) groups is 3. The number of para-hydroxylation sites is 1. The van der Waals surface area contributed by atoms with E-state index < -0.39 is 6.04 Å². The summed E-state index contributed by atoms with van der Waals surface area (Å²) in [6.45, 7) is 9.28. The molecule has 4 aliphatic heterocycles. The largest absolute Gasteiger partial charge is 0.361 e. The summed E-state index contributed by atoms with van der Waals surface area (Å²) in [4.78, 5) is 53.1. The first-order chi connectivity index (χ1) is 24.3. The molecule has 0 bridgehead atoms. The highest BCUT2D eigenvalue weighted by Gasteiger charge is 2.34. The molecule has 0 radical (unpaired) electrons. The monoisotopic (exact) mass is 681 g/mol. The summed E-state index contributed by atoms with van der Waals surface area (Å²) in [6, 6.07) is 14.2. The Morgan fingerprint density at radius 1 is 0.880 bits per heavy atom. The number of anilines is 1. The van der Waals surface area contributed by atoms with Crippen LogP contribution in [0.2, 0.25) is 0 Å². The molecule has 0 aliphatic carbocycles. The molecule has 10 nitrogen and oxygen atoms in total. The summed E-state index contributed by atoms with van der Waals surface area (Å²) in [7, 11) is 2.18. The summed E-state index contributed by atoms with van der Waals surface area (Å²) in [5, 5.41) is 7.48. The Hall–Kier alpha value is -3.89. The van der Waals surface area contributed by atoms with Gasteiger partial charge < -0.3 is 30.3 Å². The predicted molar refractivity (Wildman–Crippen MR) is 198 cm³/mol. The number of urea groups is 1. The summed E-state index contributed by atoms with van der Waals surface area (Å²) in [6.07, 6.45) is 9.89. The minimum Gasteiger partial charge on any atom is -0.361 e. The molecule has 7 rings (SSSR count). The number of fused-ring (bicyclic) bond motifs is 2.